The average Bonchev–Trinajstić information content (AvgIpc) is 2.28. The molecule has 8 nitrogen and oxygen atoms in total. The summed E-state index contributed by atoms with van der Waals surface area (Å²) in [6.45, 7) is 1.01. The van der Waals surface area contributed by atoms with Crippen LogP contribution in [-0.2, 0) is 24.4 Å². The zero-order valence-electron chi connectivity index (χ0n) is 9.91. The van der Waals surface area contributed by atoms with Crippen LogP contribution in [0.4, 0.5) is 0 Å². The highest BCUT2D eigenvalue weighted by atomic mass is 32.2. The maximum atomic E-state index is 11.6. The monoisotopic (exact) mass is 278 g/mol. The maximum absolute atomic E-state index is 11.6. The maximum Gasteiger partial charge on any atom is 0.323 e. The number of carbonyl (C=O) groups excluding carboxylic acids is 2. The number of imide groups is 1. The Kier molecular flexibility index (Phi) is 4.07. The van der Waals surface area contributed by atoms with Gasteiger partial charge in [-0.25, -0.2) is 13.1 Å². The zero-order chi connectivity index (χ0) is 14.1. The van der Waals surface area contributed by atoms with Crippen molar-refractivity contribution in [2.75, 3.05) is 7.05 Å². The largest absolute Gasteiger partial charge is 0.480 e. The van der Waals surface area contributed by atoms with Crippen LogP contribution in [0.5, 0.6) is 0 Å². The van der Waals surface area contributed by atoms with Crippen molar-refractivity contribution in [3.8, 4) is 0 Å². The van der Waals surface area contributed by atoms with E-state index in [2.05, 4.69) is 0 Å². The molecule has 1 aliphatic rings. The lowest BCUT2D eigenvalue weighted by Crippen LogP contribution is -2.54. The Labute approximate surface area is 104 Å². The van der Waals surface area contributed by atoms with Crippen LogP contribution in [0.3, 0.4) is 0 Å². The van der Waals surface area contributed by atoms with Crippen molar-refractivity contribution in [2.24, 2.45) is 0 Å². The highest BCUT2D eigenvalue weighted by Gasteiger charge is 2.37. The molecule has 0 bridgehead atoms. The van der Waals surface area contributed by atoms with Crippen LogP contribution >= 0.6 is 0 Å². The third-order valence-corrected chi connectivity index (χ3v) is 4.51. The van der Waals surface area contributed by atoms with E-state index < -0.39 is 33.2 Å². The van der Waals surface area contributed by atoms with Crippen molar-refractivity contribution in [2.45, 2.75) is 31.1 Å². The summed E-state index contributed by atoms with van der Waals surface area (Å²) >= 11 is 0. The van der Waals surface area contributed by atoms with Crippen LogP contribution in [-0.4, -0.2) is 54.5 Å². The predicted octanol–water partition coefficient (Wildman–Crippen LogP) is -1.47. The number of sulfonamides is 1. The fraction of sp³-hybridized carbons (Fsp3) is 0.667. The number of hydrogen-bond acceptors (Lipinski definition) is 5. The molecule has 0 aromatic rings. The highest BCUT2D eigenvalue weighted by Crippen LogP contribution is 2.13. The smallest absolute Gasteiger partial charge is 0.323 e. The molecule has 1 aliphatic heterocycles. The molecule has 1 saturated heterocycles. The molecule has 1 fully saturated rings. The van der Waals surface area contributed by atoms with Crippen molar-refractivity contribution in [1.29, 1.82) is 0 Å². The lowest BCUT2D eigenvalue weighted by Gasteiger charge is -2.28. The van der Waals surface area contributed by atoms with E-state index in [4.69, 9.17) is 5.11 Å². The van der Waals surface area contributed by atoms with Gasteiger partial charge in [-0.1, -0.05) is 0 Å². The van der Waals surface area contributed by atoms with Crippen LogP contribution < -0.4 is 4.72 Å². The minimum absolute atomic E-state index is 0.0353. The lowest BCUT2D eigenvalue weighted by molar-refractivity contribution is -0.147. The summed E-state index contributed by atoms with van der Waals surface area (Å²) in [6, 6.07) is -1.08. The fourth-order valence-corrected chi connectivity index (χ4v) is 2.54. The number of piperidine rings is 1. The first-order valence-electron chi connectivity index (χ1n) is 5.21. The molecule has 1 rings (SSSR count). The minimum Gasteiger partial charge on any atom is -0.480 e. The summed E-state index contributed by atoms with van der Waals surface area (Å²) in [4.78, 5) is 34.3. The summed E-state index contributed by atoms with van der Waals surface area (Å²) in [5.41, 5.74) is 0. The molecule has 102 valence electrons. The molecule has 0 saturated carbocycles. The van der Waals surface area contributed by atoms with Gasteiger partial charge in [0.05, 0.1) is 0 Å². The van der Waals surface area contributed by atoms with Gasteiger partial charge in [0.1, 0.15) is 6.04 Å². The van der Waals surface area contributed by atoms with Crippen LogP contribution in [0.2, 0.25) is 0 Å². The number of aliphatic carboxylic acids is 1. The Morgan fingerprint density at radius 1 is 1.50 bits per heavy atom. The third-order valence-electron chi connectivity index (χ3n) is 2.77. The topological polar surface area (TPSA) is 121 Å². The second-order valence-electron chi connectivity index (χ2n) is 4.03. The minimum atomic E-state index is -4.14. The van der Waals surface area contributed by atoms with Gasteiger partial charge < -0.3 is 5.11 Å². The Morgan fingerprint density at radius 3 is 2.56 bits per heavy atom. The Morgan fingerprint density at radius 2 is 2.06 bits per heavy atom. The summed E-state index contributed by atoms with van der Waals surface area (Å²) in [5, 5.41) is 6.98. The Hall–Kier alpha value is -1.48. The van der Waals surface area contributed by atoms with Crippen LogP contribution in [0, 0.1) is 0 Å². The first-order chi connectivity index (χ1) is 8.16. The molecule has 18 heavy (non-hydrogen) atoms. The van der Waals surface area contributed by atoms with E-state index in [1.807, 2.05) is 4.72 Å². The molecule has 2 N–H and O–H groups in total. The van der Waals surface area contributed by atoms with Gasteiger partial charge in [-0.05, 0) is 13.3 Å². The molecular weight excluding hydrogens is 264 g/mol. The van der Waals surface area contributed by atoms with Gasteiger partial charge in [0.2, 0.25) is 21.8 Å². The van der Waals surface area contributed by atoms with Crippen molar-refractivity contribution in [3.05, 3.63) is 0 Å². The normalized spacial score (nSPS) is 23.0. The molecule has 0 spiro atoms. The SMILES string of the molecule is CC(C(=O)O)S(=O)(=O)NC1CCC(=O)N(C)C1=O. The van der Waals surface area contributed by atoms with E-state index in [-0.39, 0.29) is 18.7 Å². The molecule has 0 aromatic carbocycles. The molecule has 1 heterocycles. The Bertz CT molecular complexity index is 485. The molecule has 2 amide bonds. The number of rotatable bonds is 4. The molecule has 0 aliphatic carbocycles. The van der Waals surface area contributed by atoms with Gasteiger partial charge in [-0.3, -0.25) is 19.3 Å². The molecule has 2 atom stereocenters. The van der Waals surface area contributed by atoms with Gasteiger partial charge in [0, 0.05) is 13.5 Å². The van der Waals surface area contributed by atoms with Gasteiger partial charge in [-0.15, -0.1) is 0 Å². The molecule has 0 aromatic heterocycles. The number of likely N-dealkylation sites (tertiary alicyclic amines) is 1. The van der Waals surface area contributed by atoms with Crippen molar-refractivity contribution in [3.63, 3.8) is 0 Å². The third kappa shape index (κ3) is 2.85. The number of carboxylic acid groups (broad SMARTS) is 1. The number of carbonyl (C=O) groups is 3. The molecular formula is C9H14N2O6S. The quantitative estimate of drug-likeness (QED) is 0.605. The first kappa shape index (κ1) is 14.6. The van der Waals surface area contributed by atoms with E-state index in [1.54, 1.807) is 0 Å². The second-order valence-corrected chi connectivity index (χ2v) is 6.06. The Balaban J connectivity index is 2.83. The van der Waals surface area contributed by atoms with Gasteiger partial charge in [0.15, 0.2) is 5.25 Å². The predicted molar refractivity (Wildman–Crippen MR) is 60.0 cm³/mol. The molecule has 0 radical (unpaired) electrons. The molecule has 9 heteroatoms. The summed E-state index contributed by atoms with van der Waals surface area (Å²) in [7, 11) is -2.89. The standard InChI is InChI=1S/C9H14N2O6S/c1-5(9(14)15)18(16,17)10-6-3-4-7(12)11(2)8(6)13/h5-6,10H,3-4H2,1-2H3,(H,14,15). The van der Waals surface area contributed by atoms with E-state index >= 15 is 0 Å². The van der Waals surface area contributed by atoms with Crippen molar-refractivity contribution < 1.29 is 27.9 Å². The van der Waals surface area contributed by atoms with Crippen molar-refractivity contribution >= 4 is 27.8 Å². The number of nitrogens with zero attached hydrogens (tertiary/aromatic N) is 1. The lowest BCUT2D eigenvalue weighted by atomic mass is 10.1. The zero-order valence-corrected chi connectivity index (χ0v) is 10.7. The van der Waals surface area contributed by atoms with Gasteiger partial charge >= 0.3 is 5.97 Å². The van der Waals surface area contributed by atoms with E-state index in [9.17, 15) is 22.8 Å². The van der Waals surface area contributed by atoms with E-state index in [0.29, 0.717) is 0 Å². The molecule has 2 unspecified atom stereocenters. The number of amides is 2. The van der Waals surface area contributed by atoms with E-state index in [1.165, 1.54) is 7.05 Å². The first-order valence-corrected chi connectivity index (χ1v) is 6.76. The number of nitrogens with one attached hydrogen (secondary N) is 1. The number of likely N-dealkylation sites (N-methyl/N-ethyl adjacent to an activating group) is 1. The summed E-state index contributed by atoms with van der Waals surface area (Å²) < 4.78 is 25.3. The van der Waals surface area contributed by atoms with Crippen molar-refractivity contribution in [1.82, 2.24) is 9.62 Å². The van der Waals surface area contributed by atoms with Gasteiger partial charge in [0.25, 0.3) is 0 Å². The van der Waals surface area contributed by atoms with Crippen LogP contribution in [0.1, 0.15) is 19.8 Å². The van der Waals surface area contributed by atoms with Crippen LogP contribution in [0.15, 0.2) is 0 Å². The highest BCUT2D eigenvalue weighted by molar-refractivity contribution is 7.90. The summed E-state index contributed by atoms with van der Waals surface area (Å²) in [6.07, 6.45) is 0.0739. The average molecular weight is 278 g/mol. The van der Waals surface area contributed by atoms with Crippen LogP contribution in [0.25, 0.3) is 0 Å². The summed E-state index contributed by atoms with van der Waals surface area (Å²) in [5.74, 6) is -2.57. The fourth-order valence-electron chi connectivity index (χ4n) is 1.46. The van der Waals surface area contributed by atoms with E-state index in [0.717, 1.165) is 11.8 Å². The second kappa shape index (κ2) is 5.02. The number of carboxylic acids is 1. The number of hydrogen-bond donors (Lipinski definition) is 2. The van der Waals surface area contributed by atoms with Gasteiger partial charge in [-0.2, -0.15) is 0 Å².